The number of benzene rings is 1. The number of carbonyl (C=O) groups is 1. The molecule has 0 saturated carbocycles. The van der Waals surface area contributed by atoms with Crippen molar-refractivity contribution in [1.29, 1.82) is 0 Å². The van der Waals surface area contributed by atoms with Crippen LogP contribution >= 0.6 is 0 Å². The molecule has 6 heteroatoms. The summed E-state index contributed by atoms with van der Waals surface area (Å²) >= 11 is 0. The fourth-order valence-electron chi connectivity index (χ4n) is 1.99. The highest BCUT2D eigenvalue weighted by molar-refractivity contribution is 6.04. The van der Waals surface area contributed by atoms with Gasteiger partial charge in [-0.2, -0.15) is 0 Å². The largest absolute Gasteiger partial charge is 0.321 e. The van der Waals surface area contributed by atoms with E-state index in [0.717, 1.165) is 10.9 Å². The fraction of sp³-hybridized carbons (Fsp3) is 0. The number of hydrazine groups is 1. The Bertz CT molecular complexity index is 803. The minimum absolute atomic E-state index is 0.289. The lowest BCUT2D eigenvalue weighted by Crippen LogP contribution is -2.16. The summed E-state index contributed by atoms with van der Waals surface area (Å²) in [6.07, 6.45) is 1.73. The number of hydrogen-bond acceptors (Lipinski definition) is 5. The van der Waals surface area contributed by atoms with Crippen molar-refractivity contribution in [2.24, 2.45) is 5.84 Å². The van der Waals surface area contributed by atoms with Crippen molar-refractivity contribution in [2.45, 2.75) is 0 Å². The fourth-order valence-corrected chi connectivity index (χ4v) is 1.99. The lowest BCUT2D eigenvalue weighted by molar-refractivity contribution is 0.102. The molecule has 6 nitrogen and oxygen atoms in total. The molecular weight excluding hydrogens is 266 g/mol. The standard InChI is InChI=1S/C15H13N5O/c16-20-14-5-1-4-13(19-14)15(21)18-11-6-7-12-10(9-11)3-2-8-17-12/h1-9H,16H2,(H,18,21)(H,19,20). The number of aromatic nitrogens is 2. The molecule has 3 aromatic rings. The molecule has 0 saturated heterocycles. The summed E-state index contributed by atoms with van der Waals surface area (Å²) < 4.78 is 0. The Morgan fingerprint density at radius 2 is 2.00 bits per heavy atom. The molecule has 0 radical (unpaired) electrons. The van der Waals surface area contributed by atoms with Crippen LogP contribution in [0.1, 0.15) is 10.5 Å². The third-order valence-electron chi connectivity index (χ3n) is 2.99. The monoisotopic (exact) mass is 279 g/mol. The maximum atomic E-state index is 12.2. The van der Waals surface area contributed by atoms with Gasteiger partial charge in [0, 0.05) is 17.3 Å². The molecule has 0 spiro atoms. The molecule has 2 heterocycles. The molecule has 2 aromatic heterocycles. The minimum atomic E-state index is -0.296. The Balaban J connectivity index is 1.85. The zero-order valence-corrected chi connectivity index (χ0v) is 11.1. The van der Waals surface area contributed by atoms with Gasteiger partial charge in [-0.05, 0) is 36.4 Å². The third-order valence-corrected chi connectivity index (χ3v) is 2.99. The first-order chi connectivity index (χ1) is 10.3. The Morgan fingerprint density at radius 3 is 2.86 bits per heavy atom. The summed E-state index contributed by atoms with van der Waals surface area (Å²) in [6.45, 7) is 0. The van der Waals surface area contributed by atoms with Gasteiger partial charge in [0.2, 0.25) is 0 Å². The second-order valence-corrected chi connectivity index (χ2v) is 4.42. The van der Waals surface area contributed by atoms with Gasteiger partial charge in [0.1, 0.15) is 11.5 Å². The number of anilines is 2. The van der Waals surface area contributed by atoms with Gasteiger partial charge < -0.3 is 10.7 Å². The van der Waals surface area contributed by atoms with Crippen LogP contribution in [0, 0.1) is 0 Å². The highest BCUT2D eigenvalue weighted by atomic mass is 16.1. The first kappa shape index (κ1) is 13.0. The van der Waals surface area contributed by atoms with Gasteiger partial charge in [-0.1, -0.05) is 12.1 Å². The molecular formula is C15H13N5O. The van der Waals surface area contributed by atoms with Crippen molar-refractivity contribution < 1.29 is 4.79 Å². The van der Waals surface area contributed by atoms with Gasteiger partial charge in [-0.25, -0.2) is 10.8 Å². The number of nitrogens with zero attached hydrogens (tertiary/aromatic N) is 2. The van der Waals surface area contributed by atoms with Crippen LogP contribution in [0.4, 0.5) is 11.5 Å². The number of amides is 1. The first-order valence-electron chi connectivity index (χ1n) is 6.36. The van der Waals surface area contributed by atoms with Gasteiger partial charge in [0.15, 0.2) is 0 Å². The summed E-state index contributed by atoms with van der Waals surface area (Å²) in [5.74, 6) is 5.42. The SMILES string of the molecule is NNc1cccc(C(=O)Nc2ccc3ncccc3c2)n1. The molecule has 3 rings (SSSR count). The number of carbonyl (C=O) groups excluding carboxylic acids is 1. The van der Waals surface area contributed by atoms with Crippen LogP contribution in [-0.4, -0.2) is 15.9 Å². The van der Waals surface area contributed by atoms with E-state index in [9.17, 15) is 4.79 Å². The van der Waals surface area contributed by atoms with Crippen LogP contribution in [0.25, 0.3) is 10.9 Å². The zero-order chi connectivity index (χ0) is 14.7. The van der Waals surface area contributed by atoms with Crippen LogP contribution in [0.3, 0.4) is 0 Å². The van der Waals surface area contributed by atoms with E-state index in [1.165, 1.54) is 0 Å². The van der Waals surface area contributed by atoms with Crippen LogP contribution in [0.2, 0.25) is 0 Å². The van der Waals surface area contributed by atoms with Crippen molar-refractivity contribution in [3.63, 3.8) is 0 Å². The summed E-state index contributed by atoms with van der Waals surface area (Å²) in [5, 5.41) is 3.76. The molecule has 0 aliphatic rings. The lowest BCUT2D eigenvalue weighted by atomic mass is 10.2. The third kappa shape index (κ3) is 2.80. The molecule has 0 bridgehead atoms. The Labute approximate surface area is 121 Å². The number of nitrogens with one attached hydrogen (secondary N) is 2. The number of fused-ring (bicyclic) bond motifs is 1. The summed E-state index contributed by atoms with van der Waals surface area (Å²) in [7, 11) is 0. The van der Waals surface area contributed by atoms with Crippen LogP contribution in [-0.2, 0) is 0 Å². The smallest absolute Gasteiger partial charge is 0.274 e. The van der Waals surface area contributed by atoms with E-state index in [-0.39, 0.29) is 11.6 Å². The lowest BCUT2D eigenvalue weighted by Gasteiger charge is -2.07. The van der Waals surface area contributed by atoms with Crippen molar-refractivity contribution in [3.8, 4) is 0 Å². The minimum Gasteiger partial charge on any atom is -0.321 e. The van der Waals surface area contributed by atoms with E-state index in [0.29, 0.717) is 11.5 Å². The summed E-state index contributed by atoms with van der Waals surface area (Å²) in [4.78, 5) is 20.5. The van der Waals surface area contributed by atoms with E-state index < -0.39 is 0 Å². The Kier molecular flexibility index (Phi) is 3.44. The van der Waals surface area contributed by atoms with E-state index >= 15 is 0 Å². The maximum Gasteiger partial charge on any atom is 0.274 e. The summed E-state index contributed by atoms with van der Waals surface area (Å²) in [6, 6.07) is 14.3. The van der Waals surface area contributed by atoms with Crippen LogP contribution in [0.15, 0.2) is 54.7 Å². The predicted molar refractivity (Wildman–Crippen MR) is 81.7 cm³/mol. The van der Waals surface area contributed by atoms with Gasteiger partial charge in [-0.15, -0.1) is 0 Å². The topological polar surface area (TPSA) is 92.9 Å². The highest BCUT2D eigenvalue weighted by Crippen LogP contribution is 2.17. The molecule has 0 unspecified atom stereocenters. The number of nitrogen functional groups attached to an aromatic ring is 1. The maximum absolute atomic E-state index is 12.2. The normalized spacial score (nSPS) is 10.3. The van der Waals surface area contributed by atoms with Crippen LogP contribution in [0.5, 0.6) is 0 Å². The van der Waals surface area contributed by atoms with E-state index in [1.54, 1.807) is 30.5 Å². The number of nitrogens with two attached hydrogens (primary N) is 1. The molecule has 4 N–H and O–H groups in total. The van der Waals surface area contributed by atoms with Crippen molar-refractivity contribution in [2.75, 3.05) is 10.7 Å². The molecule has 0 fully saturated rings. The average molecular weight is 279 g/mol. The quantitative estimate of drug-likeness (QED) is 0.504. The second kappa shape index (κ2) is 5.56. The van der Waals surface area contributed by atoms with Gasteiger partial charge in [-0.3, -0.25) is 9.78 Å². The van der Waals surface area contributed by atoms with E-state index in [4.69, 9.17) is 5.84 Å². The molecule has 0 aliphatic carbocycles. The summed E-state index contributed by atoms with van der Waals surface area (Å²) in [5.41, 5.74) is 4.27. The van der Waals surface area contributed by atoms with Gasteiger partial charge in [0.25, 0.3) is 5.91 Å². The van der Waals surface area contributed by atoms with Crippen molar-refractivity contribution >= 4 is 28.3 Å². The highest BCUT2D eigenvalue weighted by Gasteiger charge is 2.08. The molecule has 0 aliphatic heterocycles. The molecule has 21 heavy (non-hydrogen) atoms. The number of hydrogen-bond donors (Lipinski definition) is 3. The Hall–Kier alpha value is -2.99. The van der Waals surface area contributed by atoms with E-state index in [1.807, 2.05) is 24.3 Å². The van der Waals surface area contributed by atoms with Crippen LogP contribution < -0.4 is 16.6 Å². The average Bonchev–Trinajstić information content (AvgIpc) is 2.54. The number of pyridine rings is 2. The predicted octanol–water partition coefficient (Wildman–Crippen LogP) is 2.17. The Morgan fingerprint density at radius 1 is 1.10 bits per heavy atom. The van der Waals surface area contributed by atoms with E-state index in [2.05, 4.69) is 20.7 Å². The number of rotatable bonds is 3. The molecule has 104 valence electrons. The van der Waals surface area contributed by atoms with Crippen molar-refractivity contribution in [1.82, 2.24) is 9.97 Å². The second-order valence-electron chi connectivity index (χ2n) is 4.42. The van der Waals surface area contributed by atoms with Gasteiger partial charge >= 0.3 is 0 Å². The van der Waals surface area contributed by atoms with Gasteiger partial charge in [0.05, 0.1) is 5.52 Å². The molecule has 1 amide bonds. The molecule has 0 atom stereocenters. The van der Waals surface area contributed by atoms with Crippen molar-refractivity contribution in [3.05, 3.63) is 60.4 Å². The first-order valence-corrected chi connectivity index (χ1v) is 6.36. The zero-order valence-electron chi connectivity index (χ0n) is 11.1. The molecule has 1 aromatic carbocycles.